The summed E-state index contributed by atoms with van der Waals surface area (Å²) in [5.74, 6) is -0.327. The Morgan fingerprint density at radius 2 is 2.06 bits per heavy atom. The zero-order chi connectivity index (χ0) is 12.3. The van der Waals surface area contributed by atoms with Gasteiger partial charge in [-0.1, -0.05) is 12.1 Å². The Kier molecular flexibility index (Phi) is 3.30. The Balaban J connectivity index is 2.25. The fraction of sp³-hybridized carbons (Fsp3) is 0.0833. The zero-order valence-corrected chi connectivity index (χ0v) is 9.95. The summed E-state index contributed by atoms with van der Waals surface area (Å²) < 4.78 is 0. The summed E-state index contributed by atoms with van der Waals surface area (Å²) in [5, 5.41) is 2.70. The van der Waals surface area contributed by atoms with E-state index in [1.54, 1.807) is 29.8 Å². The maximum absolute atomic E-state index is 11.8. The van der Waals surface area contributed by atoms with Gasteiger partial charge >= 0.3 is 0 Å². The van der Waals surface area contributed by atoms with Crippen LogP contribution in [0.3, 0.4) is 0 Å². The molecule has 0 unspecified atom stereocenters. The number of Topliss-reactive ketones (excluding diaryl/α,β-unsaturated/α-hetero) is 1. The molecular weight excluding hydrogens is 236 g/mol. The lowest BCUT2D eigenvalue weighted by Gasteiger charge is -2.07. The van der Waals surface area contributed by atoms with Gasteiger partial charge in [0.25, 0.3) is 5.91 Å². The van der Waals surface area contributed by atoms with Gasteiger partial charge in [-0.25, -0.2) is 0 Å². The molecule has 0 saturated heterocycles. The molecule has 0 aliphatic rings. The van der Waals surface area contributed by atoms with E-state index in [0.29, 0.717) is 16.1 Å². The molecule has 1 amide bonds. The number of nitrogens with one attached hydrogen (secondary N) is 1. The zero-order valence-electron chi connectivity index (χ0n) is 9.14. The first-order valence-corrected chi connectivity index (χ1v) is 5.86. The van der Waals surface area contributed by atoms with Gasteiger partial charge in [-0.05, 0) is 19.1 Å². The largest absolute Gasteiger partial charge is 0.321 e. The Bertz CT molecular complexity index is 549. The summed E-state index contributed by atoms with van der Waals surface area (Å²) in [5.41, 5.74) is 2.62. The number of amides is 1. The molecule has 86 valence electrons. The lowest BCUT2D eigenvalue weighted by molar-refractivity contribution is 0.101. The van der Waals surface area contributed by atoms with Crippen molar-refractivity contribution in [1.82, 2.24) is 4.98 Å². The van der Waals surface area contributed by atoms with Crippen LogP contribution in [0.4, 0.5) is 5.69 Å². The van der Waals surface area contributed by atoms with E-state index >= 15 is 0 Å². The number of aromatic nitrogens is 1. The van der Waals surface area contributed by atoms with E-state index < -0.39 is 0 Å². The maximum Gasteiger partial charge on any atom is 0.267 e. The summed E-state index contributed by atoms with van der Waals surface area (Å²) in [6.07, 6.45) is 1.50. The van der Waals surface area contributed by atoms with E-state index in [9.17, 15) is 9.59 Å². The molecule has 17 heavy (non-hydrogen) atoms. The van der Waals surface area contributed by atoms with Crippen molar-refractivity contribution in [2.24, 2.45) is 0 Å². The fourth-order valence-corrected chi connectivity index (χ4v) is 1.93. The van der Waals surface area contributed by atoms with Gasteiger partial charge in [0.05, 0.1) is 17.4 Å². The van der Waals surface area contributed by atoms with Crippen molar-refractivity contribution in [3.05, 3.63) is 46.4 Å². The molecule has 5 heteroatoms. The molecule has 2 aromatic rings. The van der Waals surface area contributed by atoms with Crippen LogP contribution >= 0.6 is 11.3 Å². The third-order valence-corrected chi connectivity index (χ3v) is 2.98. The summed E-state index contributed by atoms with van der Waals surface area (Å²) in [7, 11) is 0. The summed E-state index contributed by atoms with van der Waals surface area (Å²) in [4.78, 5) is 27.5. The molecule has 1 heterocycles. The normalized spacial score (nSPS) is 9.94. The van der Waals surface area contributed by atoms with Crippen LogP contribution in [-0.2, 0) is 0 Å². The van der Waals surface area contributed by atoms with E-state index in [0.717, 1.165) is 0 Å². The van der Waals surface area contributed by atoms with E-state index in [1.807, 2.05) is 0 Å². The van der Waals surface area contributed by atoms with Gasteiger partial charge in [0.1, 0.15) is 4.88 Å². The van der Waals surface area contributed by atoms with Gasteiger partial charge < -0.3 is 5.32 Å². The van der Waals surface area contributed by atoms with E-state index in [2.05, 4.69) is 10.3 Å². The van der Waals surface area contributed by atoms with Gasteiger partial charge in [-0.3, -0.25) is 14.6 Å². The molecule has 0 saturated carbocycles. The molecule has 2 rings (SSSR count). The topological polar surface area (TPSA) is 59.1 Å². The van der Waals surface area contributed by atoms with Gasteiger partial charge in [-0.15, -0.1) is 11.3 Å². The molecule has 0 bridgehead atoms. The van der Waals surface area contributed by atoms with Crippen molar-refractivity contribution in [3.8, 4) is 0 Å². The number of rotatable bonds is 3. The van der Waals surface area contributed by atoms with Crippen LogP contribution < -0.4 is 5.32 Å². The maximum atomic E-state index is 11.8. The summed E-state index contributed by atoms with van der Waals surface area (Å²) >= 11 is 1.26. The van der Waals surface area contributed by atoms with Crippen molar-refractivity contribution in [2.45, 2.75) is 6.92 Å². The highest BCUT2D eigenvalue weighted by Gasteiger charge is 2.11. The highest BCUT2D eigenvalue weighted by atomic mass is 32.1. The first-order chi connectivity index (χ1) is 8.18. The minimum absolute atomic E-state index is 0.0785. The number of ketones is 1. The SMILES string of the molecule is CC(=O)c1ccccc1NC(=O)c1cncs1. The predicted octanol–water partition coefficient (Wildman–Crippen LogP) is 2.60. The first-order valence-electron chi connectivity index (χ1n) is 4.98. The van der Waals surface area contributed by atoms with Crippen molar-refractivity contribution in [3.63, 3.8) is 0 Å². The van der Waals surface area contributed by atoms with E-state index in [-0.39, 0.29) is 11.7 Å². The number of para-hydroxylation sites is 1. The molecular formula is C12H10N2O2S. The minimum Gasteiger partial charge on any atom is -0.321 e. The Morgan fingerprint density at radius 3 is 2.71 bits per heavy atom. The van der Waals surface area contributed by atoms with Crippen LogP contribution in [0.25, 0.3) is 0 Å². The number of anilines is 1. The second-order valence-electron chi connectivity index (χ2n) is 3.42. The lowest BCUT2D eigenvalue weighted by atomic mass is 10.1. The van der Waals surface area contributed by atoms with E-state index in [4.69, 9.17) is 0 Å². The number of hydrogen-bond acceptors (Lipinski definition) is 4. The molecule has 1 aromatic carbocycles. The van der Waals surface area contributed by atoms with Crippen molar-refractivity contribution in [1.29, 1.82) is 0 Å². The number of hydrogen-bond donors (Lipinski definition) is 1. The molecule has 0 radical (unpaired) electrons. The molecule has 1 aromatic heterocycles. The fourth-order valence-electron chi connectivity index (χ4n) is 1.41. The Labute approximate surface area is 102 Å². The van der Waals surface area contributed by atoms with Crippen molar-refractivity contribution < 1.29 is 9.59 Å². The molecule has 0 atom stereocenters. The van der Waals surface area contributed by atoms with Gasteiger partial charge in [0.2, 0.25) is 0 Å². The number of benzene rings is 1. The molecule has 0 fully saturated rings. The summed E-state index contributed by atoms with van der Waals surface area (Å²) in [6, 6.07) is 6.92. The van der Waals surface area contributed by atoms with Gasteiger partial charge in [-0.2, -0.15) is 0 Å². The first kappa shape index (κ1) is 11.5. The molecule has 0 spiro atoms. The predicted molar refractivity (Wildman–Crippen MR) is 66.5 cm³/mol. The average Bonchev–Trinajstić information content (AvgIpc) is 2.83. The molecule has 4 nitrogen and oxygen atoms in total. The van der Waals surface area contributed by atoms with Crippen LogP contribution in [0, 0.1) is 0 Å². The smallest absolute Gasteiger partial charge is 0.267 e. The molecule has 1 N–H and O–H groups in total. The van der Waals surface area contributed by atoms with Crippen molar-refractivity contribution in [2.75, 3.05) is 5.32 Å². The number of thiazole rings is 1. The number of nitrogens with zero attached hydrogens (tertiary/aromatic N) is 1. The van der Waals surface area contributed by atoms with E-state index in [1.165, 1.54) is 24.5 Å². The van der Waals surface area contributed by atoms with Crippen LogP contribution in [-0.4, -0.2) is 16.7 Å². The third kappa shape index (κ3) is 2.57. The quantitative estimate of drug-likeness (QED) is 0.847. The second-order valence-corrected chi connectivity index (χ2v) is 4.31. The van der Waals surface area contributed by atoms with Crippen LogP contribution in [0.1, 0.15) is 27.0 Å². The number of carbonyl (C=O) groups is 2. The van der Waals surface area contributed by atoms with Crippen LogP contribution in [0.5, 0.6) is 0 Å². The second kappa shape index (κ2) is 4.88. The summed E-state index contributed by atoms with van der Waals surface area (Å²) in [6.45, 7) is 1.47. The molecule has 0 aliphatic heterocycles. The third-order valence-electron chi connectivity index (χ3n) is 2.21. The average molecular weight is 246 g/mol. The van der Waals surface area contributed by atoms with Gasteiger partial charge in [0, 0.05) is 5.56 Å². The lowest BCUT2D eigenvalue weighted by Crippen LogP contribution is -2.12. The minimum atomic E-state index is -0.249. The van der Waals surface area contributed by atoms with Crippen LogP contribution in [0.15, 0.2) is 36.0 Å². The van der Waals surface area contributed by atoms with Gasteiger partial charge in [0.15, 0.2) is 5.78 Å². The standard InChI is InChI=1S/C12H10N2O2S/c1-8(15)9-4-2-3-5-10(9)14-12(16)11-6-13-7-17-11/h2-7H,1H3,(H,14,16). The van der Waals surface area contributed by atoms with Crippen LogP contribution in [0.2, 0.25) is 0 Å². The molecule has 0 aliphatic carbocycles. The van der Waals surface area contributed by atoms with Crippen molar-refractivity contribution >= 4 is 28.7 Å². The Morgan fingerprint density at radius 1 is 1.29 bits per heavy atom. The highest BCUT2D eigenvalue weighted by Crippen LogP contribution is 2.17. The Hall–Kier alpha value is -2.01. The monoisotopic (exact) mass is 246 g/mol. The highest BCUT2D eigenvalue weighted by molar-refractivity contribution is 7.11. The number of carbonyl (C=O) groups excluding carboxylic acids is 2.